The van der Waals surface area contributed by atoms with Crippen molar-refractivity contribution in [3.05, 3.63) is 48.4 Å². The molecule has 5 nitrogen and oxygen atoms in total. The van der Waals surface area contributed by atoms with Crippen LogP contribution >= 0.6 is 0 Å². The molecule has 0 saturated carbocycles. The molecule has 0 radical (unpaired) electrons. The van der Waals surface area contributed by atoms with Gasteiger partial charge in [-0.1, -0.05) is 6.92 Å². The molecule has 20 heavy (non-hydrogen) atoms. The Kier molecular flexibility index (Phi) is 4.65. The molecule has 2 rings (SSSR count). The van der Waals surface area contributed by atoms with Crippen molar-refractivity contribution in [2.24, 2.45) is 0 Å². The Morgan fingerprint density at radius 1 is 1.25 bits per heavy atom. The number of hydrogen-bond donors (Lipinski definition) is 1. The first-order valence-corrected chi connectivity index (χ1v) is 6.61. The standard InChI is InChI=1S/C15H18N4O/c1-3-8-17-14-13(5-4-9-18-14)15(20)19(2)12-6-10-16-11-7-12/h4-7,9-11H,3,8H2,1-2H3,(H,17,18). The van der Waals surface area contributed by atoms with Gasteiger partial charge in [-0.05, 0) is 30.7 Å². The number of carbonyl (C=O) groups excluding carboxylic acids is 1. The van der Waals surface area contributed by atoms with E-state index in [-0.39, 0.29) is 5.91 Å². The van der Waals surface area contributed by atoms with Crippen LogP contribution in [0.4, 0.5) is 11.5 Å². The molecule has 2 aromatic rings. The van der Waals surface area contributed by atoms with E-state index in [2.05, 4.69) is 22.2 Å². The fraction of sp³-hybridized carbons (Fsp3) is 0.267. The Hall–Kier alpha value is -2.43. The summed E-state index contributed by atoms with van der Waals surface area (Å²) >= 11 is 0. The van der Waals surface area contributed by atoms with E-state index in [4.69, 9.17) is 0 Å². The fourth-order valence-corrected chi connectivity index (χ4v) is 1.83. The number of amides is 1. The highest BCUT2D eigenvalue weighted by Gasteiger charge is 2.17. The number of pyridine rings is 2. The van der Waals surface area contributed by atoms with Gasteiger partial charge in [-0.3, -0.25) is 9.78 Å². The average molecular weight is 270 g/mol. The first-order valence-electron chi connectivity index (χ1n) is 6.61. The van der Waals surface area contributed by atoms with Gasteiger partial charge in [0.25, 0.3) is 5.91 Å². The molecule has 0 aromatic carbocycles. The zero-order valence-corrected chi connectivity index (χ0v) is 11.7. The number of hydrogen-bond acceptors (Lipinski definition) is 4. The lowest BCUT2D eigenvalue weighted by molar-refractivity contribution is 0.0993. The monoisotopic (exact) mass is 270 g/mol. The van der Waals surface area contributed by atoms with Crippen LogP contribution in [-0.2, 0) is 0 Å². The van der Waals surface area contributed by atoms with E-state index in [1.807, 2.05) is 0 Å². The molecule has 0 bridgehead atoms. The maximum atomic E-state index is 12.6. The molecule has 0 aliphatic carbocycles. The third kappa shape index (κ3) is 3.12. The summed E-state index contributed by atoms with van der Waals surface area (Å²) in [6.07, 6.45) is 5.99. The molecule has 1 N–H and O–H groups in total. The summed E-state index contributed by atoms with van der Waals surface area (Å²) in [5.74, 6) is 0.531. The highest BCUT2D eigenvalue weighted by Crippen LogP contribution is 2.18. The molecule has 0 fully saturated rings. The number of carbonyl (C=O) groups is 1. The molecule has 2 heterocycles. The fourth-order valence-electron chi connectivity index (χ4n) is 1.83. The molecule has 0 aliphatic rings. The van der Waals surface area contributed by atoms with Crippen LogP contribution in [0.1, 0.15) is 23.7 Å². The van der Waals surface area contributed by atoms with Crippen molar-refractivity contribution in [3.8, 4) is 0 Å². The van der Waals surface area contributed by atoms with Crippen LogP contribution < -0.4 is 10.2 Å². The van der Waals surface area contributed by atoms with Crippen molar-refractivity contribution in [3.63, 3.8) is 0 Å². The second-order valence-corrected chi connectivity index (χ2v) is 4.40. The molecular formula is C15H18N4O. The van der Waals surface area contributed by atoms with Gasteiger partial charge >= 0.3 is 0 Å². The van der Waals surface area contributed by atoms with Gasteiger partial charge in [-0.2, -0.15) is 0 Å². The quantitative estimate of drug-likeness (QED) is 0.907. The van der Waals surface area contributed by atoms with Crippen LogP contribution in [0.15, 0.2) is 42.9 Å². The predicted molar refractivity (Wildman–Crippen MR) is 80.0 cm³/mol. The van der Waals surface area contributed by atoms with E-state index in [1.54, 1.807) is 54.8 Å². The third-order valence-corrected chi connectivity index (χ3v) is 2.94. The van der Waals surface area contributed by atoms with Gasteiger partial charge in [-0.15, -0.1) is 0 Å². The van der Waals surface area contributed by atoms with Crippen molar-refractivity contribution in [1.29, 1.82) is 0 Å². The van der Waals surface area contributed by atoms with Crippen LogP contribution in [0, 0.1) is 0 Å². The van der Waals surface area contributed by atoms with Crippen molar-refractivity contribution < 1.29 is 4.79 Å². The molecule has 1 amide bonds. The van der Waals surface area contributed by atoms with Crippen LogP contribution in [0.5, 0.6) is 0 Å². The first-order chi connectivity index (χ1) is 9.74. The minimum absolute atomic E-state index is 0.0945. The summed E-state index contributed by atoms with van der Waals surface area (Å²) in [6.45, 7) is 2.86. The van der Waals surface area contributed by atoms with E-state index in [9.17, 15) is 4.79 Å². The number of nitrogens with one attached hydrogen (secondary N) is 1. The van der Waals surface area contributed by atoms with Gasteiger partial charge in [0.1, 0.15) is 5.82 Å². The third-order valence-electron chi connectivity index (χ3n) is 2.94. The maximum absolute atomic E-state index is 12.6. The topological polar surface area (TPSA) is 58.1 Å². The van der Waals surface area contributed by atoms with E-state index < -0.39 is 0 Å². The second-order valence-electron chi connectivity index (χ2n) is 4.40. The van der Waals surface area contributed by atoms with E-state index >= 15 is 0 Å². The molecule has 0 saturated heterocycles. The molecule has 104 valence electrons. The van der Waals surface area contributed by atoms with Crippen LogP contribution in [0.25, 0.3) is 0 Å². The van der Waals surface area contributed by atoms with Crippen molar-refractivity contribution in [1.82, 2.24) is 9.97 Å². The smallest absolute Gasteiger partial charge is 0.261 e. The van der Waals surface area contributed by atoms with E-state index in [0.717, 1.165) is 18.7 Å². The number of aromatic nitrogens is 2. The summed E-state index contributed by atoms with van der Waals surface area (Å²) < 4.78 is 0. The van der Waals surface area contributed by atoms with Crippen LogP contribution in [-0.4, -0.2) is 29.5 Å². The van der Waals surface area contributed by atoms with Gasteiger partial charge in [0.2, 0.25) is 0 Å². The molecule has 0 atom stereocenters. The first kappa shape index (κ1) is 14.0. The number of anilines is 2. The lowest BCUT2D eigenvalue weighted by Gasteiger charge is -2.18. The largest absolute Gasteiger partial charge is 0.369 e. The molecule has 0 spiro atoms. The Morgan fingerprint density at radius 3 is 2.70 bits per heavy atom. The van der Waals surface area contributed by atoms with Crippen LogP contribution in [0.2, 0.25) is 0 Å². The Balaban J connectivity index is 2.25. The molecule has 5 heteroatoms. The summed E-state index contributed by atoms with van der Waals surface area (Å²) in [5, 5.41) is 3.18. The van der Waals surface area contributed by atoms with Gasteiger partial charge in [0, 0.05) is 37.9 Å². The molecular weight excluding hydrogens is 252 g/mol. The highest BCUT2D eigenvalue weighted by molar-refractivity contribution is 6.08. The summed E-state index contributed by atoms with van der Waals surface area (Å²) in [7, 11) is 1.74. The molecule has 2 aromatic heterocycles. The number of nitrogens with zero attached hydrogens (tertiary/aromatic N) is 3. The van der Waals surface area contributed by atoms with Gasteiger partial charge < -0.3 is 10.2 Å². The zero-order chi connectivity index (χ0) is 14.4. The predicted octanol–water partition coefficient (Wildman–Crippen LogP) is 2.58. The van der Waals surface area contributed by atoms with Gasteiger partial charge in [0.05, 0.1) is 5.56 Å². The molecule has 0 aliphatic heterocycles. The highest BCUT2D eigenvalue weighted by atomic mass is 16.2. The minimum Gasteiger partial charge on any atom is -0.369 e. The summed E-state index contributed by atoms with van der Waals surface area (Å²) in [6, 6.07) is 7.15. The SMILES string of the molecule is CCCNc1ncccc1C(=O)N(C)c1ccncc1. The van der Waals surface area contributed by atoms with E-state index in [1.165, 1.54) is 0 Å². The Labute approximate surface area is 118 Å². The number of rotatable bonds is 5. The lowest BCUT2D eigenvalue weighted by Crippen LogP contribution is -2.27. The van der Waals surface area contributed by atoms with Gasteiger partial charge in [-0.25, -0.2) is 4.98 Å². The zero-order valence-electron chi connectivity index (χ0n) is 11.7. The Morgan fingerprint density at radius 2 is 2.00 bits per heavy atom. The van der Waals surface area contributed by atoms with Crippen molar-refractivity contribution in [2.75, 3.05) is 23.8 Å². The van der Waals surface area contributed by atoms with Crippen molar-refractivity contribution >= 4 is 17.4 Å². The molecule has 0 unspecified atom stereocenters. The average Bonchev–Trinajstić information content (AvgIpc) is 2.52. The normalized spacial score (nSPS) is 10.1. The van der Waals surface area contributed by atoms with Gasteiger partial charge in [0.15, 0.2) is 0 Å². The summed E-state index contributed by atoms with van der Waals surface area (Å²) in [4.78, 5) is 22.3. The van der Waals surface area contributed by atoms with E-state index in [0.29, 0.717) is 11.4 Å². The minimum atomic E-state index is -0.0945. The summed E-state index contributed by atoms with van der Waals surface area (Å²) in [5.41, 5.74) is 1.37. The lowest BCUT2D eigenvalue weighted by atomic mass is 10.2. The second kappa shape index (κ2) is 6.65. The van der Waals surface area contributed by atoms with Crippen molar-refractivity contribution in [2.45, 2.75) is 13.3 Å². The maximum Gasteiger partial charge on any atom is 0.261 e. The Bertz CT molecular complexity index is 571. The van der Waals surface area contributed by atoms with Crippen LogP contribution in [0.3, 0.4) is 0 Å².